The number of hydrogen-bond donors (Lipinski definition) is 1. The summed E-state index contributed by atoms with van der Waals surface area (Å²) in [5, 5.41) is 2.90. The maximum Gasteiger partial charge on any atom is 0.268 e. The number of hydrogen-bond acceptors (Lipinski definition) is 5. The van der Waals surface area contributed by atoms with Crippen LogP contribution in [-0.2, 0) is 28.9 Å². The zero-order chi connectivity index (χ0) is 22.9. The Hall–Kier alpha value is -3.02. The molecule has 1 N–H and O–H groups in total. The summed E-state index contributed by atoms with van der Waals surface area (Å²) in [6, 6.07) is 6.49. The molecular weight excluding hydrogens is 437 g/mol. The highest BCUT2D eigenvalue weighted by Crippen LogP contribution is 2.23. The lowest BCUT2D eigenvalue weighted by Crippen LogP contribution is -2.40. The van der Waals surface area contributed by atoms with Crippen molar-refractivity contribution in [3.05, 3.63) is 71.8 Å². The predicted molar refractivity (Wildman–Crippen MR) is 114 cm³/mol. The number of nitrogens with zero attached hydrogens (tertiary/aromatic N) is 4. The third-order valence-electron chi connectivity index (χ3n) is 5.42. The molecule has 0 unspecified atom stereocenters. The highest BCUT2D eigenvalue weighted by Gasteiger charge is 2.30. The van der Waals surface area contributed by atoms with Crippen LogP contribution in [0.25, 0.3) is 0 Å². The van der Waals surface area contributed by atoms with Crippen LogP contribution in [0.15, 0.2) is 53.8 Å². The monoisotopic (exact) mass is 461 g/mol. The molecule has 3 aromatic rings. The van der Waals surface area contributed by atoms with Crippen molar-refractivity contribution in [1.82, 2.24) is 23.7 Å². The molecule has 0 radical (unpaired) electrons. The van der Waals surface area contributed by atoms with Gasteiger partial charge in [-0.3, -0.25) is 4.79 Å². The average molecular weight is 462 g/mol. The fourth-order valence-electron chi connectivity index (χ4n) is 3.65. The number of imidazole rings is 1. The van der Waals surface area contributed by atoms with Crippen LogP contribution in [0.5, 0.6) is 0 Å². The predicted octanol–water partition coefficient (Wildman–Crippen LogP) is 1.44. The van der Waals surface area contributed by atoms with Gasteiger partial charge in [0.15, 0.2) is 0 Å². The number of aromatic nitrogens is 3. The first-order valence-corrected chi connectivity index (χ1v) is 11.5. The molecular formula is C21H24FN5O4S. The molecule has 4 rings (SSSR count). The van der Waals surface area contributed by atoms with Crippen molar-refractivity contribution in [2.45, 2.75) is 10.9 Å². The molecule has 11 heteroatoms. The lowest BCUT2D eigenvalue weighted by Gasteiger charge is -2.25. The van der Waals surface area contributed by atoms with E-state index in [1.54, 1.807) is 43.2 Å². The molecule has 1 aliphatic heterocycles. The Kier molecular flexibility index (Phi) is 6.13. The number of rotatable bonds is 6. The third kappa shape index (κ3) is 4.31. The van der Waals surface area contributed by atoms with Crippen LogP contribution in [-0.4, -0.2) is 59.1 Å². The van der Waals surface area contributed by atoms with Gasteiger partial charge in [0.25, 0.3) is 5.91 Å². The molecule has 1 aromatic carbocycles. The summed E-state index contributed by atoms with van der Waals surface area (Å²) in [4.78, 5) is 17.5. The standard InChI is InChI=1S/C21H24FN5O4S/c1-25-8-7-23-20(25)19(15-3-5-16(22)6-4-15)24-21(28)18-13-17(14-26(18)2)32(29,30)27-9-11-31-12-10-27/h3-8,13-14,19H,9-12H2,1-2H3,(H,24,28)/t19-/m1/s1. The van der Waals surface area contributed by atoms with E-state index in [-0.39, 0.29) is 29.5 Å². The molecule has 1 fully saturated rings. The molecule has 1 amide bonds. The SMILES string of the molecule is Cn1cc(S(=O)(=O)N2CCOCC2)cc1C(=O)N[C@H](c1ccc(F)cc1)c1nccn1C. The Balaban J connectivity index is 1.63. The molecule has 9 nitrogen and oxygen atoms in total. The summed E-state index contributed by atoms with van der Waals surface area (Å²) in [6.07, 6.45) is 4.77. The van der Waals surface area contributed by atoms with Gasteiger partial charge in [-0.2, -0.15) is 4.31 Å². The Labute approximate surface area is 185 Å². The largest absolute Gasteiger partial charge is 0.379 e. The number of nitrogens with one attached hydrogen (secondary N) is 1. The summed E-state index contributed by atoms with van der Waals surface area (Å²) in [6.45, 7) is 1.21. The van der Waals surface area contributed by atoms with Crippen LogP contribution in [0.4, 0.5) is 4.39 Å². The van der Waals surface area contributed by atoms with Crippen molar-refractivity contribution in [3.8, 4) is 0 Å². The number of halogens is 1. The Bertz CT molecular complexity index is 1210. The number of carbonyl (C=O) groups is 1. The number of aryl methyl sites for hydroxylation is 2. The molecule has 170 valence electrons. The van der Waals surface area contributed by atoms with E-state index in [1.165, 1.54) is 33.3 Å². The number of morpholine rings is 1. The highest BCUT2D eigenvalue weighted by atomic mass is 32.2. The molecule has 1 atom stereocenters. The van der Waals surface area contributed by atoms with Crippen LogP contribution >= 0.6 is 0 Å². The number of sulfonamides is 1. The topological polar surface area (TPSA) is 98.5 Å². The van der Waals surface area contributed by atoms with Crippen molar-refractivity contribution < 1.29 is 22.3 Å². The second-order valence-corrected chi connectivity index (χ2v) is 9.48. The highest BCUT2D eigenvalue weighted by molar-refractivity contribution is 7.89. The number of amides is 1. The van der Waals surface area contributed by atoms with Crippen LogP contribution in [0.2, 0.25) is 0 Å². The summed E-state index contributed by atoms with van der Waals surface area (Å²) in [5.74, 6) is -0.312. The van der Waals surface area contributed by atoms with Gasteiger partial charge < -0.3 is 19.2 Å². The van der Waals surface area contributed by atoms with E-state index in [0.29, 0.717) is 24.6 Å². The Morgan fingerprint density at radius 2 is 1.84 bits per heavy atom. The van der Waals surface area contributed by atoms with Gasteiger partial charge in [-0.15, -0.1) is 0 Å². The zero-order valence-corrected chi connectivity index (χ0v) is 18.5. The second-order valence-electron chi connectivity index (χ2n) is 7.54. The molecule has 0 aliphatic carbocycles. The molecule has 1 saturated heterocycles. The smallest absolute Gasteiger partial charge is 0.268 e. The van der Waals surface area contributed by atoms with E-state index < -0.39 is 22.0 Å². The van der Waals surface area contributed by atoms with E-state index in [1.807, 2.05) is 0 Å². The van der Waals surface area contributed by atoms with Gasteiger partial charge in [0.05, 0.1) is 13.2 Å². The van der Waals surface area contributed by atoms with Gasteiger partial charge in [-0.25, -0.2) is 17.8 Å². The Morgan fingerprint density at radius 3 is 2.47 bits per heavy atom. The van der Waals surface area contributed by atoms with Gasteiger partial charge >= 0.3 is 0 Å². The van der Waals surface area contributed by atoms with E-state index in [9.17, 15) is 17.6 Å². The van der Waals surface area contributed by atoms with Crippen molar-refractivity contribution in [2.75, 3.05) is 26.3 Å². The minimum atomic E-state index is -3.74. The second kappa shape index (κ2) is 8.85. The van der Waals surface area contributed by atoms with Crippen LogP contribution in [0.1, 0.15) is 27.9 Å². The maximum absolute atomic E-state index is 13.4. The summed E-state index contributed by atoms with van der Waals surface area (Å²) in [7, 11) is -0.334. The van der Waals surface area contributed by atoms with Gasteiger partial charge in [0.2, 0.25) is 10.0 Å². The van der Waals surface area contributed by atoms with Crippen molar-refractivity contribution in [2.24, 2.45) is 14.1 Å². The fraction of sp³-hybridized carbons (Fsp3) is 0.333. The number of benzene rings is 1. The van der Waals surface area contributed by atoms with Crippen LogP contribution in [0, 0.1) is 5.82 Å². The molecule has 32 heavy (non-hydrogen) atoms. The van der Waals surface area contributed by atoms with E-state index in [2.05, 4.69) is 10.3 Å². The lowest BCUT2D eigenvalue weighted by molar-refractivity contribution is 0.0730. The first-order chi connectivity index (χ1) is 15.3. The first kappa shape index (κ1) is 22.2. The quantitative estimate of drug-likeness (QED) is 0.599. The lowest BCUT2D eigenvalue weighted by atomic mass is 10.1. The Morgan fingerprint density at radius 1 is 1.16 bits per heavy atom. The van der Waals surface area contributed by atoms with Gasteiger partial charge in [-0.05, 0) is 23.8 Å². The molecule has 3 heterocycles. The summed E-state index contributed by atoms with van der Waals surface area (Å²) >= 11 is 0. The van der Waals surface area contributed by atoms with Gasteiger partial charge in [-0.1, -0.05) is 12.1 Å². The van der Waals surface area contributed by atoms with Gasteiger partial charge in [0, 0.05) is 45.8 Å². The number of carbonyl (C=O) groups excluding carboxylic acids is 1. The molecule has 0 spiro atoms. The minimum Gasteiger partial charge on any atom is -0.379 e. The van der Waals surface area contributed by atoms with Crippen LogP contribution in [0.3, 0.4) is 0 Å². The average Bonchev–Trinajstić information content (AvgIpc) is 3.39. The van der Waals surface area contributed by atoms with Crippen molar-refractivity contribution >= 4 is 15.9 Å². The van der Waals surface area contributed by atoms with Crippen molar-refractivity contribution in [1.29, 1.82) is 0 Å². The first-order valence-electron chi connectivity index (χ1n) is 10.0. The number of ether oxygens (including phenoxy) is 1. The molecule has 0 saturated carbocycles. The summed E-state index contributed by atoms with van der Waals surface area (Å²) in [5.41, 5.74) is 0.822. The molecule has 1 aliphatic rings. The molecule has 0 bridgehead atoms. The van der Waals surface area contributed by atoms with E-state index in [0.717, 1.165) is 0 Å². The van der Waals surface area contributed by atoms with E-state index >= 15 is 0 Å². The minimum absolute atomic E-state index is 0.0439. The third-order valence-corrected chi connectivity index (χ3v) is 7.28. The van der Waals surface area contributed by atoms with Gasteiger partial charge in [0.1, 0.15) is 28.3 Å². The van der Waals surface area contributed by atoms with E-state index in [4.69, 9.17) is 4.74 Å². The normalized spacial score (nSPS) is 16.1. The fourth-order valence-corrected chi connectivity index (χ4v) is 5.13. The maximum atomic E-state index is 13.4. The van der Waals surface area contributed by atoms with Crippen molar-refractivity contribution in [3.63, 3.8) is 0 Å². The zero-order valence-electron chi connectivity index (χ0n) is 17.7. The summed E-state index contributed by atoms with van der Waals surface area (Å²) < 4.78 is 49.2. The van der Waals surface area contributed by atoms with Crippen LogP contribution < -0.4 is 5.32 Å². The molecule has 2 aromatic heterocycles.